The van der Waals surface area contributed by atoms with E-state index in [0.29, 0.717) is 0 Å². The van der Waals surface area contributed by atoms with E-state index in [9.17, 15) is 0 Å². The molecule has 46 valence electrons. The van der Waals surface area contributed by atoms with Gasteiger partial charge in [-0.1, -0.05) is 0 Å². The lowest BCUT2D eigenvalue weighted by molar-refractivity contribution is 2.13. The number of hydrogen-bond donors (Lipinski definition) is 0. The fourth-order valence-corrected chi connectivity index (χ4v) is 0. The average Bonchev–Trinajstić information content (AvgIpc) is 0.918. The molecule has 0 rings (SSSR count). The largest absolute Gasteiger partial charge is 0.618 e. The lowest BCUT2D eigenvalue weighted by atomic mass is 14.0. The van der Waals surface area contributed by atoms with Gasteiger partial charge in [0.15, 0.2) is 0 Å². The first-order chi connectivity index (χ1) is 1.41. The van der Waals surface area contributed by atoms with Crippen LogP contribution in [0.3, 0.4) is 0 Å². The van der Waals surface area contributed by atoms with Crippen LogP contribution in [-0.2, 0) is 0 Å². The van der Waals surface area contributed by atoms with E-state index in [1.165, 1.54) is 0 Å². The lowest BCUT2D eigenvalue weighted by Gasteiger charge is -1.33. The van der Waals surface area contributed by atoms with Gasteiger partial charge in [0.1, 0.15) is 0 Å². The summed E-state index contributed by atoms with van der Waals surface area (Å²) in [6, 6.07) is 0. The molecule has 0 saturated carbocycles. The Hall–Kier alpha value is 1.11. The Balaban J connectivity index is -0.00000000133. The number of hydrogen-bond acceptors (Lipinski definition) is 0. The third kappa shape index (κ3) is 376. The molecule has 0 spiro atoms. The van der Waals surface area contributed by atoms with Gasteiger partial charge in [0.2, 0.25) is 0 Å². The van der Waals surface area contributed by atoms with Crippen molar-refractivity contribution in [3.05, 3.63) is 0 Å². The maximum absolute atomic E-state index is 4.90. The van der Waals surface area contributed by atoms with E-state index in [0.717, 1.165) is 0 Å². The van der Waals surface area contributed by atoms with Crippen LogP contribution in [0.25, 0.3) is 0 Å². The molecule has 0 unspecified atom stereocenters. The van der Waals surface area contributed by atoms with Gasteiger partial charge in [0.05, 0.1) is 0 Å². The van der Waals surface area contributed by atoms with Gasteiger partial charge in [0, 0.05) is 36.9 Å². The predicted octanol–water partition coefficient (Wildman–Crippen LogP) is -1.89. The Morgan fingerprint density at radius 3 is 0.556 bits per heavy atom. The summed E-state index contributed by atoms with van der Waals surface area (Å²) in [4.78, 5) is 0. The van der Waals surface area contributed by atoms with Crippen molar-refractivity contribution in [1.29, 1.82) is 0 Å². The Kier molecular flexibility index (Phi) is 1300. The molecule has 0 amide bonds. The van der Waals surface area contributed by atoms with Crippen molar-refractivity contribution in [2.24, 2.45) is 0 Å². The van der Waals surface area contributed by atoms with Crippen LogP contribution in [0.1, 0.15) is 0 Å². The molecule has 0 N–H and O–H groups in total. The van der Waals surface area contributed by atoms with Crippen molar-refractivity contribution in [3.63, 3.8) is 0 Å². The molecule has 0 atom stereocenters. The van der Waals surface area contributed by atoms with Crippen molar-refractivity contribution < 1.29 is 0 Å². The van der Waals surface area contributed by atoms with Crippen LogP contribution in [0.5, 0.6) is 0 Å². The van der Waals surface area contributed by atoms with Gasteiger partial charge in [-0.05, 0) is 0 Å². The number of halogens is 2. The topological polar surface area (TPSA) is 183 Å². The summed E-state index contributed by atoms with van der Waals surface area (Å²) in [6.07, 6.45) is 0. The van der Waals surface area contributed by atoms with Crippen LogP contribution < -0.4 is 36.9 Å². The monoisotopic (exact) mass is 178 g/mol. The number of rotatable bonds is 0. The maximum atomic E-state index is 4.90. The smallest absolute Gasteiger partial charge is 0.309 e. The molecule has 0 aromatic carbocycles. The van der Waals surface area contributed by atoms with Gasteiger partial charge in [-0.25, -0.2) is 0 Å². The molecule has 0 fully saturated rings. The van der Waals surface area contributed by atoms with E-state index in [-0.39, 0.29) is 36.9 Å². The minimum atomic E-state index is -0.639. The standard InChI is InChI=1S/2ClH.Mg.6N/h2*1H;;;;;;;/q;;+2;;;;;;/p-2. The summed E-state index contributed by atoms with van der Waals surface area (Å²) in [6.45, 7) is 0. The fourth-order valence-electron chi connectivity index (χ4n) is 0. The zero-order chi connectivity index (χ0) is 2.71. The predicted molar refractivity (Wildman–Crippen MR) is 30.3 cm³/mol. The quantitative estimate of drug-likeness (QED) is 0.377. The Morgan fingerprint density at radius 1 is 0.556 bits per heavy atom. The SMILES string of the molecule is [Cl][Mg][Cl].[N].[N].[N].[N].[N].[N]. The summed E-state index contributed by atoms with van der Waals surface area (Å²) < 4.78 is 0. The van der Waals surface area contributed by atoms with E-state index in [1.807, 2.05) is 0 Å². The highest BCUT2D eigenvalue weighted by Gasteiger charge is 1.64. The zero-order valence-corrected chi connectivity index (χ0v) is 7.07. The minimum Gasteiger partial charge on any atom is -0.309 e. The first-order valence-corrected chi connectivity index (χ1v) is 4.81. The van der Waals surface area contributed by atoms with Crippen LogP contribution >= 0.6 is 18.1 Å². The molecule has 9 heteroatoms. The molecule has 0 saturated heterocycles. The molecular formula is Cl2MgN6. The highest BCUT2D eigenvalue weighted by molar-refractivity contribution is 7.22. The fraction of sp³-hybridized carbons (Fsp3) is 0. The molecule has 18 radical (unpaired) electrons. The van der Waals surface area contributed by atoms with Crippen LogP contribution in [0.15, 0.2) is 0 Å². The van der Waals surface area contributed by atoms with E-state index in [1.54, 1.807) is 0 Å². The van der Waals surface area contributed by atoms with Crippen molar-refractivity contribution >= 4 is 36.3 Å². The molecule has 0 aliphatic rings. The summed E-state index contributed by atoms with van der Waals surface area (Å²) >= 11 is -0.639. The lowest BCUT2D eigenvalue weighted by Crippen LogP contribution is -1.36. The molecule has 0 aromatic rings. The van der Waals surface area contributed by atoms with Crippen molar-refractivity contribution in [3.8, 4) is 0 Å². The second-order valence-corrected chi connectivity index (χ2v) is 2.73. The van der Waals surface area contributed by atoms with E-state index >= 15 is 0 Å². The van der Waals surface area contributed by atoms with Crippen LogP contribution in [0, 0.1) is 0 Å². The zero-order valence-electron chi connectivity index (χ0n) is 4.15. The molecule has 9 heavy (non-hydrogen) atoms. The van der Waals surface area contributed by atoms with Crippen LogP contribution in [-0.4, -0.2) is 18.2 Å². The summed E-state index contributed by atoms with van der Waals surface area (Å²) in [7, 11) is 9.81. The molecular weight excluding hydrogens is 179 g/mol. The van der Waals surface area contributed by atoms with Crippen LogP contribution in [0.4, 0.5) is 0 Å². The molecule has 0 aliphatic heterocycles. The summed E-state index contributed by atoms with van der Waals surface area (Å²) in [5.74, 6) is 0. The molecule has 0 aromatic heterocycles. The second-order valence-electron chi connectivity index (χ2n) is 0.101. The summed E-state index contributed by atoms with van der Waals surface area (Å²) in [5, 5.41) is 0. The van der Waals surface area contributed by atoms with Crippen molar-refractivity contribution in [2.45, 2.75) is 0 Å². The van der Waals surface area contributed by atoms with Gasteiger partial charge < -0.3 is 18.1 Å². The van der Waals surface area contributed by atoms with E-state index in [2.05, 4.69) is 0 Å². The molecule has 6 nitrogen and oxygen atoms in total. The van der Waals surface area contributed by atoms with Crippen LogP contribution in [0.2, 0.25) is 0 Å². The van der Waals surface area contributed by atoms with Crippen molar-refractivity contribution in [1.82, 2.24) is 36.9 Å². The van der Waals surface area contributed by atoms with Crippen molar-refractivity contribution in [2.75, 3.05) is 0 Å². The third-order valence-electron chi connectivity index (χ3n) is 0. The van der Waals surface area contributed by atoms with E-state index in [4.69, 9.17) is 18.1 Å². The molecule has 0 aliphatic carbocycles. The molecule has 0 heterocycles. The second kappa shape index (κ2) is 135. The average molecular weight is 179 g/mol. The normalized spacial score (nSPS) is 1.11. The summed E-state index contributed by atoms with van der Waals surface area (Å²) in [5.41, 5.74) is 0. The number of nitrogens with zero attached hydrogens (tertiary/aromatic N) is 6. The minimum absolute atomic E-state index is 0. The van der Waals surface area contributed by atoms with Gasteiger partial charge in [0.25, 0.3) is 0 Å². The first-order valence-electron chi connectivity index (χ1n) is 0.535. The first kappa shape index (κ1) is 86.9. The molecule has 0 bridgehead atoms. The van der Waals surface area contributed by atoms with Gasteiger partial charge >= 0.3 is 18.2 Å². The Labute approximate surface area is 73.2 Å². The third-order valence-corrected chi connectivity index (χ3v) is 0. The maximum Gasteiger partial charge on any atom is 0.618 e. The van der Waals surface area contributed by atoms with Gasteiger partial charge in [-0.3, -0.25) is 0 Å². The Bertz CT molecular complexity index is 11.0. The van der Waals surface area contributed by atoms with Gasteiger partial charge in [-0.2, -0.15) is 0 Å². The highest BCUT2D eigenvalue weighted by atomic mass is 35.6. The Morgan fingerprint density at radius 2 is 0.556 bits per heavy atom. The van der Waals surface area contributed by atoms with Gasteiger partial charge in [-0.15, -0.1) is 0 Å². The van der Waals surface area contributed by atoms with E-state index < -0.39 is 18.2 Å². The highest BCUT2D eigenvalue weighted by Crippen LogP contribution is 1.67.